The molecular formula is C9H12N. The van der Waals surface area contributed by atoms with E-state index in [9.17, 15) is 0 Å². The molecule has 0 aliphatic heterocycles. The van der Waals surface area contributed by atoms with Gasteiger partial charge in [-0.15, -0.1) is 0 Å². The lowest BCUT2D eigenvalue weighted by Gasteiger charge is -1.98. The summed E-state index contributed by atoms with van der Waals surface area (Å²) in [7, 11) is 0. The van der Waals surface area contributed by atoms with Crippen molar-refractivity contribution in [3.63, 3.8) is 0 Å². The van der Waals surface area contributed by atoms with Crippen LogP contribution in [0.15, 0.2) is 18.2 Å². The zero-order valence-electron chi connectivity index (χ0n) is 6.22. The molecule has 0 bridgehead atoms. The van der Waals surface area contributed by atoms with Gasteiger partial charge >= 0.3 is 0 Å². The van der Waals surface area contributed by atoms with Crippen LogP contribution in [-0.4, -0.2) is 0 Å². The molecule has 1 heteroatoms. The minimum Gasteiger partial charge on any atom is -0.326 e. The second-order valence-corrected chi connectivity index (χ2v) is 2.28. The van der Waals surface area contributed by atoms with Crippen molar-refractivity contribution in [3.8, 4) is 0 Å². The van der Waals surface area contributed by atoms with Crippen molar-refractivity contribution < 1.29 is 0 Å². The van der Waals surface area contributed by atoms with Crippen molar-refractivity contribution in [3.05, 3.63) is 35.4 Å². The third-order valence-corrected chi connectivity index (χ3v) is 1.55. The van der Waals surface area contributed by atoms with E-state index in [4.69, 9.17) is 5.73 Å². The predicted octanol–water partition coefficient (Wildman–Crippen LogP) is 1.51. The summed E-state index contributed by atoms with van der Waals surface area (Å²) in [5.41, 5.74) is 7.87. The van der Waals surface area contributed by atoms with Crippen LogP contribution in [0.3, 0.4) is 0 Å². The van der Waals surface area contributed by atoms with Crippen molar-refractivity contribution in [1.29, 1.82) is 0 Å². The molecule has 1 aromatic carbocycles. The number of nitrogens with two attached hydrogens (primary N) is 1. The molecule has 1 aromatic rings. The van der Waals surface area contributed by atoms with E-state index in [0.29, 0.717) is 6.54 Å². The highest BCUT2D eigenvalue weighted by atomic mass is 14.5. The summed E-state index contributed by atoms with van der Waals surface area (Å²) in [5, 5.41) is 0. The molecule has 10 heavy (non-hydrogen) atoms. The molecule has 0 amide bonds. The highest BCUT2D eigenvalue weighted by molar-refractivity contribution is 5.21. The molecule has 1 nitrogen and oxygen atoms in total. The van der Waals surface area contributed by atoms with Gasteiger partial charge < -0.3 is 5.73 Å². The van der Waals surface area contributed by atoms with E-state index >= 15 is 0 Å². The topological polar surface area (TPSA) is 26.0 Å². The Hall–Kier alpha value is -0.820. The van der Waals surface area contributed by atoms with Gasteiger partial charge in [-0.3, -0.25) is 0 Å². The Balaban J connectivity index is 2.87. The van der Waals surface area contributed by atoms with Crippen LogP contribution in [-0.2, 0) is 13.0 Å². The van der Waals surface area contributed by atoms with Crippen molar-refractivity contribution in [2.45, 2.75) is 19.9 Å². The molecule has 0 saturated heterocycles. The number of rotatable bonds is 2. The molecule has 1 rings (SSSR count). The van der Waals surface area contributed by atoms with Crippen LogP contribution in [0.5, 0.6) is 0 Å². The van der Waals surface area contributed by atoms with Crippen molar-refractivity contribution >= 4 is 0 Å². The summed E-state index contributed by atoms with van der Waals surface area (Å²) in [6.07, 6.45) is 1.07. The van der Waals surface area contributed by atoms with E-state index in [0.717, 1.165) is 12.0 Å². The summed E-state index contributed by atoms with van der Waals surface area (Å²) in [5.74, 6) is 0. The molecule has 0 atom stereocenters. The molecule has 0 saturated carbocycles. The Bertz CT molecular complexity index is 186. The normalized spacial score (nSPS) is 9.80. The lowest BCUT2D eigenvalue weighted by atomic mass is 10.1. The Morgan fingerprint density at radius 1 is 1.60 bits per heavy atom. The maximum Gasteiger partial charge on any atom is 0.0184 e. The third-order valence-electron chi connectivity index (χ3n) is 1.55. The lowest BCUT2D eigenvalue weighted by Crippen LogP contribution is -1.96. The van der Waals surface area contributed by atoms with E-state index in [1.807, 2.05) is 6.07 Å². The van der Waals surface area contributed by atoms with Gasteiger partial charge in [0.15, 0.2) is 0 Å². The summed E-state index contributed by atoms with van der Waals surface area (Å²) in [4.78, 5) is 0. The zero-order valence-corrected chi connectivity index (χ0v) is 6.22. The molecule has 53 valence electrons. The van der Waals surface area contributed by atoms with Gasteiger partial charge in [0.2, 0.25) is 0 Å². The largest absolute Gasteiger partial charge is 0.326 e. The Morgan fingerprint density at radius 3 is 3.00 bits per heavy atom. The molecule has 2 N–H and O–H groups in total. The van der Waals surface area contributed by atoms with Crippen LogP contribution in [0.4, 0.5) is 0 Å². The fourth-order valence-electron chi connectivity index (χ4n) is 0.907. The van der Waals surface area contributed by atoms with Gasteiger partial charge in [0, 0.05) is 6.54 Å². The summed E-state index contributed by atoms with van der Waals surface area (Å²) in [6, 6.07) is 9.17. The quantitative estimate of drug-likeness (QED) is 0.651. The minimum absolute atomic E-state index is 0.591. The SMILES string of the molecule is CCc1cc[c]c(CN)c1. The van der Waals surface area contributed by atoms with Crippen LogP contribution >= 0.6 is 0 Å². The molecule has 0 unspecified atom stereocenters. The summed E-state index contributed by atoms with van der Waals surface area (Å²) < 4.78 is 0. The number of hydrogen-bond donors (Lipinski definition) is 1. The fourth-order valence-corrected chi connectivity index (χ4v) is 0.907. The van der Waals surface area contributed by atoms with Gasteiger partial charge in [0.1, 0.15) is 0 Å². The van der Waals surface area contributed by atoms with Crippen molar-refractivity contribution in [2.24, 2.45) is 5.73 Å². The van der Waals surface area contributed by atoms with Crippen molar-refractivity contribution in [2.75, 3.05) is 0 Å². The van der Waals surface area contributed by atoms with E-state index in [1.54, 1.807) is 0 Å². The smallest absolute Gasteiger partial charge is 0.0184 e. The van der Waals surface area contributed by atoms with Crippen LogP contribution in [0.25, 0.3) is 0 Å². The van der Waals surface area contributed by atoms with Gasteiger partial charge in [-0.05, 0) is 23.6 Å². The number of hydrogen-bond acceptors (Lipinski definition) is 1. The monoisotopic (exact) mass is 134 g/mol. The number of aryl methyl sites for hydroxylation is 1. The first-order chi connectivity index (χ1) is 4.86. The first-order valence-electron chi connectivity index (χ1n) is 3.56. The van der Waals surface area contributed by atoms with Crippen LogP contribution < -0.4 is 5.73 Å². The summed E-state index contributed by atoms with van der Waals surface area (Å²) in [6.45, 7) is 2.73. The van der Waals surface area contributed by atoms with E-state index in [1.165, 1.54) is 5.56 Å². The molecule has 0 aromatic heterocycles. The van der Waals surface area contributed by atoms with E-state index in [2.05, 4.69) is 25.1 Å². The van der Waals surface area contributed by atoms with Crippen LogP contribution in [0.2, 0.25) is 0 Å². The Morgan fingerprint density at radius 2 is 2.40 bits per heavy atom. The Kier molecular flexibility index (Phi) is 2.46. The maximum atomic E-state index is 5.44. The van der Waals surface area contributed by atoms with Gasteiger partial charge in [0.25, 0.3) is 0 Å². The van der Waals surface area contributed by atoms with E-state index in [-0.39, 0.29) is 0 Å². The standard InChI is InChI=1S/C9H12N/c1-2-8-4-3-5-9(6-8)7-10/h3-4,6H,2,7,10H2,1H3. The zero-order chi connectivity index (χ0) is 7.40. The predicted molar refractivity (Wildman–Crippen MR) is 42.5 cm³/mol. The maximum absolute atomic E-state index is 5.44. The van der Waals surface area contributed by atoms with E-state index < -0.39 is 0 Å². The highest BCUT2D eigenvalue weighted by Gasteiger charge is 1.90. The molecule has 0 aliphatic rings. The lowest BCUT2D eigenvalue weighted by molar-refractivity contribution is 1.04. The minimum atomic E-state index is 0.591. The van der Waals surface area contributed by atoms with Crippen LogP contribution in [0, 0.1) is 6.07 Å². The third kappa shape index (κ3) is 1.58. The molecule has 0 fully saturated rings. The van der Waals surface area contributed by atoms with Gasteiger partial charge in [0.05, 0.1) is 0 Å². The fraction of sp³-hybridized carbons (Fsp3) is 0.333. The first-order valence-corrected chi connectivity index (χ1v) is 3.56. The molecule has 0 aliphatic carbocycles. The number of benzene rings is 1. The molecule has 0 spiro atoms. The second-order valence-electron chi connectivity index (χ2n) is 2.28. The van der Waals surface area contributed by atoms with Gasteiger partial charge in [-0.25, -0.2) is 0 Å². The van der Waals surface area contributed by atoms with Gasteiger partial charge in [-0.2, -0.15) is 0 Å². The van der Waals surface area contributed by atoms with Gasteiger partial charge in [-0.1, -0.05) is 25.1 Å². The Labute approximate surface area is 61.9 Å². The average molecular weight is 134 g/mol. The molecule has 0 heterocycles. The molecule has 1 radical (unpaired) electrons. The first kappa shape index (κ1) is 7.29. The molecular weight excluding hydrogens is 122 g/mol. The average Bonchev–Trinajstić information content (AvgIpc) is 2.05. The summed E-state index contributed by atoms with van der Waals surface area (Å²) >= 11 is 0. The van der Waals surface area contributed by atoms with Crippen LogP contribution in [0.1, 0.15) is 18.1 Å². The highest BCUT2D eigenvalue weighted by Crippen LogP contribution is 2.03. The second kappa shape index (κ2) is 3.37. The van der Waals surface area contributed by atoms with Crippen molar-refractivity contribution in [1.82, 2.24) is 0 Å².